The highest BCUT2D eigenvalue weighted by molar-refractivity contribution is 7.88. The molecule has 0 saturated carbocycles. The first kappa shape index (κ1) is 17.4. The summed E-state index contributed by atoms with van der Waals surface area (Å²) in [5.41, 5.74) is -0.312. The van der Waals surface area contributed by atoms with Gasteiger partial charge in [-0.2, -0.15) is 0 Å². The predicted molar refractivity (Wildman–Crippen MR) is 82.7 cm³/mol. The average Bonchev–Trinajstić information content (AvgIpc) is 2.48. The van der Waals surface area contributed by atoms with Gasteiger partial charge in [-0.25, -0.2) is 17.1 Å². The van der Waals surface area contributed by atoms with Gasteiger partial charge in [-0.15, -0.1) is 0 Å². The largest absolute Gasteiger partial charge is 0.494 e. The summed E-state index contributed by atoms with van der Waals surface area (Å²) in [5, 5.41) is 14.0. The van der Waals surface area contributed by atoms with Crippen molar-refractivity contribution in [2.75, 3.05) is 31.8 Å². The maximum atomic E-state index is 13.6. The molecule has 1 saturated heterocycles. The van der Waals surface area contributed by atoms with Crippen LogP contribution < -0.4 is 10.1 Å². The van der Waals surface area contributed by atoms with Gasteiger partial charge in [-0.05, 0) is 12.8 Å². The van der Waals surface area contributed by atoms with E-state index in [4.69, 9.17) is 4.74 Å². The number of hydrogen-bond donors (Lipinski definition) is 1. The predicted octanol–water partition coefficient (Wildman–Crippen LogP) is 1.58. The fourth-order valence-corrected chi connectivity index (χ4v) is 3.46. The molecule has 8 nitrogen and oxygen atoms in total. The molecular formula is C13H18FN3O5S. The van der Waals surface area contributed by atoms with Gasteiger partial charge in [0.25, 0.3) is 5.69 Å². The second-order valence-electron chi connectivity index (χ2n) is 5.37. The van der Waals surface area contributed by atoms with Crippen molar-refractivity contribution >= 4 is 21.4 Å². The normalized spacial score (nSPS) is 19.3. The van der Waals surface area contributed by atoms with Gasteiger partial charge in [0.05, 0.1) is 24.4 Å². The zero-order valence-corrected chi connectivity index (χ0v) is 13.6. The lowest BCUT2D eigenvalue weighted by atomic mass is 10.1. The van der Waals surface area contributed by atoms with Crippen molar-refractivity contribution in [1.82, 2.24) is 4.31 Å². The van der Waals surface area contributed by atoms with Crippen LogP contribution in [0.3, 0.4) is 0 Å². The van der Waals surface area contributed by atoms with E-state index in [0.717, 1.165) is 12.3 Å². The Labute approximate surface area is 133 Å². The molecule has 0 bridgehead atoms. The SMILES string of the molecule is COc1cc(NC2CCCN(S(C)(=O)=O)C2)c([N+](=O)[O-])cc1F. The highest BCUT2D eigenvalue weighted by atomic mass is 32.2. The average molecular weight is 347 g/mol. The molecular weight excluding hydrogens is 329 g/mol. The molecule has 2 rings (SSSR count). The lowest BCUT2D eigenvalue weighted by Crippen LogP contribution is -2.44. The summed E-state index contributed by atoms with van der Waals surface area (Å²) in [7, 11) is -2.06. The first-order chi connectivity index (χ1) is 10.7. The van der Waals surface area contributed by atoms with E-state index in [0.29, 0.717) is 19.4 Å². The van der Waals surface area contributed by atoms with Crippen LogP contribution >= 0.6 is 0 Å². The number of benzene rings is 1. The van der Waals surface area contributed by atoms with Gasteiger partial charge >= 0.3 is 0 Å². The Morgan fingerprint density at radius 1 is 1.48 bits per heavy atom. The molecule has 0 aromatic heterocycles. The van der Waals surface area contributed by atoms with Gasteiger partial charge in [-0.3, -0.25) is 10.1 Å². The zero-order chi connectivity index (χ0) is 17.2. The fourth-order valence-electron chi connectivity index (χ4n) is 2.55. The first-order valence-electron chi connectivity index (χ1n) is 6.96. The molecule has 1 aromatic carbocycles. The van der Waals surface area contributed by atoms with Crippen molar-refractivity contribution < 1.29 is 22.5 Å². The fraction of sp³-hybridized carbons (Fsp3) is 0.538. The van der Waals surface area contributed by atoms with Gasteiger partial charge in [0, 0.05) is 25.2 Å². The van der Waals surface area contributed by atoms with Crippen molar-refractivity contribution in [2.45, 2.75) is 18.9 Å². The van der Waals surface area contributed by atoms with Crippen molar-refractivity contribution in [3.63, 3.8) is 0 Å². The van der Waals surface area contributed by atoms with Crippen LogP contribution in [0.15, 0.2) is 12.1 Å². The van der Waals surface area contributed by atoms with Gasteiger partial charge in [0.1, 0.15) is 5.69 Å². The van der Waals surface area contributed by atoms with Crippen molar-refractivity contribution in [1.29, 1.82) is 0 Å². The molecule has 0 spiro atoms. The maximum Gasteiger partial charge on any atom is 0.295 e. The minimum Gasteiger partial charge on any atom is -0.494 e. The Kier molecular flexibility index (Phi) is 5.05. The number of nitrogens with zero attached hydrogens (tertiary/aromatic N) is 2. The minimum atomic E-state index is -3.32. The first-order valence-corrected chi connectivity index (χ1v) is 8.80. The molecule has 1 N–H and O–H groups in total. The minimum absolute atomic E-state index is 0.105. The van der Waals surface area contributed by atoms with Gasteiger partial charge < -0.3 is 10.1 Å². The van der Waals surface area contributed by atoms with Crippen molar-refractivity contribution in [3.05, 3.63) is 28.1 Å². The highest BCUT2D eigenvalue weighted by Gasteiger charge is 2.28. The summed E-state index contributed by atoms with van der Waals surface area (Å²) in [6.45, 7) is 0.627. The third kappa shape index (κ3) is 4.08. The summed E-state index contributed by atoms with van der Waals surface area (Å²) in [6, 6.07) is 1.71. The Bertz CT molecular complexity index is 710. The Morgan fingerprint density at radius 2 is 2.17 bits per heavy atom. The number of piperidine rings is 1. The Hall–Kier alpha value is -1.94. The number of halogens is 1. The number of nitrogens with one attached hydrogen (secondary N) is 1. The molecule has 1 fully saturated rings. The van der Waals surface area contributed by atoms with E-state index < -0.39 is 26.5 Å². The number of rotatable bonds is 5. The molecule has 1 aliphatic heterocycles. The second-order valence-corrected chi connectivity index (χ2v) is 7.35. The topological polar surface area (TPSA) is 102 Å². The number of methoxy groups -OCH3 is 1. The summed E-state index contributed by atoms with van der Waals surface area (Å²) >= 11 is 0. The Balaban J connectivity index is 2.26. The summed E-state index contributed by atoms with van der Waals surface area (Å²) in [4.78, 5) is 10.4. The van der Waals surface area contributed by atoms with Crippen LogP contribution in [-0.2, 0) is 10.0 Å². The summed E-state index contributed by atoms with van der Waals surface area (Å²) in [6.07, 6.45) is 2.42. The van der Waals surface area contributed by atoms with Crippen LogP contribution in [0.5, 0.6) is 5.75 Å². The van der Waals surface area contributed by atoms with E-state index in [2.05, 4.69) is 5.32 Å². The molecule has 1 unspecified atom stereocenters. The smallest absolute Gasteiger partial charge is 0.295 e. The molecule has 10 heteroatoms. The van der Waals surface area contributed by atoms with E-state index >= 15 is 0 Å². The molecule has 0 aliphatic carbocycles. The summed E-state index contributed by atoms with van der Waals surface area (Å²) in [5.74, 6) is -0.944. The monoisotopic (exact) mass is 347 g/mol. The molecule has 1 heterocycles. The lowest BCUT2D eigenvalue weighted by Gasteiger charge is -2.31. The number of nitro benzene ring substituents is 1. The van der Waals surface area contributed by atoms with E-state index in [1.807, 2.05) is 0 Å². The van der Waals surface area contributed by atoms with Gasteiger partial charge in [0.15, 0.2) is 11.6 Å². The lowest BCUT2D eigenvalue weighted by molar-refractivity contribution is -0.384. The van der Waals surface area contributed by atoms with Crippen LogP contribution in [-0.4, -0.2) is 50.1 Å². The molecule has 23 heavy (non-hydrogen) atoms. The third-order valence-corrected chi connectivity index (χ3v) is 4.95. The van der Waals surface area contributed by atoms with E-state index in [1.54, 1.807) is 0 Å². The van der Waals surface area contributed by atoms with Crippen LogP contribution in [0.1, 0.15) is 12.8 Å². The molecule has 0 radical (unpaired) electrons. The number of ether oxygens (including phenoxy) is 1. The molecule has 1 atom stereocenters. The quantitative estimate of drug-likeness (QED) is 0.641. The number of anilines is 1. The molecule has 0 amide bonds. The van der Waals surface area contributed by atoms with E-state index in [1.165, 1.54) is 17.5 Å². The second kappa shape index (κ2) is 6.67. The standard InChI is InChI=1S/C13H18FN3O5S/c1-22-13-7-11(12(17(18)19)6-10(13)14)15-9-4-3-5-16(8-9)23(2,20)21/h6-7,9,15H,3-5,8H2,1-2H3. The molecule has 128 valence electrons. The molecule has 1 aromatic rings. The van der Waals surface area contributed by atoms with Gasteiger partial charge in [-0.1, -0.05) is 0 Å². The molecule has 1 aliphatic rings. The van der Waals surface area contributed by atoms with Crippen LogP contribution in [0.4, 0.5) is 15.8 Å². The number of nitro groups is 1. The van der Waals surface area contributed by atoms with Crippen molar-refractivity contribution in [2.24, 2.45) is 0 Å². The van der Waals surface area contributed by atoms with Crippen molar-refractivity contribution in [3.8, 4) is 5.75 Å². The number of sulfonamides is 1. The van der Waals surface area contributed by atoms with Crippen LogP contribution in [0.2, 0.25) is 0 Å². The number of hydrogen-bond acceptors (Lipinski definition) is 6. The highest BCUT2D eigenvalue weighted by Crippen LogP contribution is 2.33. The van der Waals surface area contributed by atoms with E-state index in [9.17, 15) is 22.9 Å². The van der Waals surface area contributed by atoms with Crippen LogP contribution in [0, 0.1) is 15.9 Å². The third-order valence-electron chi connectivity index (χ3n) is 3.68. The zero-order valence-electron chi connectivity index (χ0n) is 12.8. The van der Waals surface area contributed by atoms with E-state index in [-0.39, 0.29) is 24.0 Å². The summed E-state index contributed by atoms with van der Waals surface area (Å²) < 4.78 is 43.1. The maximum absolute atomic E-state index is 13.6. The van der Waals surface area contributed by atoms with Crippen LogP contribution in [0.25, 0.3) is 0 Å². The van der Waals surface area contributed by atoms with Gasteiger partial charge in [0.2, 0.25) is 10.0 Å². The Morgan fingerprint density at radius 3 is 2.74 bits per heavy atom.